The number of rotatable bonds is 8. The molecule has 36 heavy (non-hydrogen) atoms. The summed E-state index contributed by atoms with van der Waals surface area (Å²) in [5.74, 6) is 1.68. The van der Waals surface area contributed by atoms with E-state index in [1.54, 1.807) is 6.92 Å². The lowest BCUT2D eigenvalue weighted by molar-refractivity contribution is -0.129. The predicted octanol–water partition coefficient (Wildman–Crippen LogP) is 4.32. The van der Waals surface area contributed by atoms with E-state index in [1.165, 1.54) is 6.21 Å². The molecule has 3 aromatic rings. The second kappa shape index (κ2) is 10.9. The molecule has 0 bridgehead atoms. The number of benzene rings is 1. The van der Waals surface area contributed by atoms with Crippen LogP contribution in [0.15, 0.2) is 36.5 Å². The van der Waals surface area contributed by atoms with E-state index >= 15 is 0 Å². The van der Waals surface area contributed by atoms with E-state index < -0.39 is 0 Å². The molecule has 1 fully saturated rings. The Morgan fingerprint density at radius 2 is 1.78 bits per heavy atom. The first-order valence-corrected chi connectivity index (χ1v) is 12.6. The summed E-state index contributed by atoms with van der Waals surface area (Å²) in [6, 6.07) is 10.3. The van der Waals surface area contributed by atoms with Crippen molar-refractivity contribution in [3.63, 3.8) is 0 Å². The van der Waals surface area contributed by atoms with E-state index in [0.717, 1.165) is 22.2 Å². The lowest BCUT2D eigenvalue weighted by Crippen LogP contribution is -2.48. The van der Waals surface area contributed by atoms with Gasteiger partial charge in [0.1, 0.15) is 11.4 Å². The van der Waals surface area contributed by atoms with E-state index in [1.807, 2.05) is 29.3 Å². The van der Waals surface area contributed by atoms with Gasteiger partial charge >= 0.3 is 0 Å². The highest BCUT2D eigenvalue weighted by Gasteiger charge is 2.24. The lowest BCUT2D eigenvalue weighted by Gasteiger charge is -2.35. The number of hydrogen-bond donors (Lipinski definition) is 3. The van der Waals surface area contributed by atoms with Crippen LogP contribution in [0.2, 0.25) is 0 Å². The number of nitrogens with one attached hydrogen (secondary N) is 3. The standard InChI is InChI=1S/C27H36N8O/c1-17(2)18(3)30-25-24(15-28)32-27(35-12-10-34(11-13-35)20(5)36)33-26(25)31-19(4)22-14-21-8-6-7-9-23(21)29-16-22/h6-9,14-19,28,30H,10-13H2,1-5H3,(H,31,32,33)/t18?,19-/m1/s1. The van der Waals surface area contributed by atoms with Crippen LogP contribution in [0.1, 0.15) is 51.9 Å². The van der Waals surface area contributed by atoms with Crippen molar-refractivity contribution in [1.29, 1.82) is 5.41 Å². The van der Waals surface area contributed by atoms with Crippen LogP contribution in [-0.4, -0.2) is 64.2 Å². The Morgan fingerprint density at radius 3 is 2.44 bits per heavy atom. The van der Waals surface area contributed by atoms with Crippen molar-refractivity contribution < 1.29 is 4.79 Å². The zero-order chi connectivity index (χ0) is 25.8. The molecule has 2 aromatic heterocycles. The molecular weight excluding hydrogens is 452 g/mol. The van der Waals surface area contributed by atoms with Crippen LogP contribution in [0.3, 0.4) is 0 Å². The van der Waals surface area contributed by atoms with Crippen LogP contribution >= 0.6 is 0 Å². The van der Waals surface area contributed by atoms with E-state index in [9.17, 15) is 4.79 Å². The second-order valence-electron chi connectivity index (χ2n) is 9.77. The molecule has 3 heterocycles. The summed E-state index contributed by atoms with van der Waals surface area (Å²) in [4.78, 5) is 30.0. The predicted molar refractivity (Wildman–Crippen MR) is 146 cm³/mol. The maximum absolute atomic E-state index is 11.8. The van der Waals surface area contributed by atoms with Crippen molar-refractivity contribution in [3.05, 3.63) is 47.8 Å². The summed E-state index contributed by atoms with van der Waals surface area (Å²) in [6.07, 6.45) is 3.17. The maximum Gasteiger partial charge on any atom is 0.228 e. The number of hydrogen-bond acceptors (Lipinski definition) is 8. The number of fused-ring (bicyclic) bond motifs is 1. The number of para-hydroxylation sites is 1. The average molecular weight is 489 g/mol. The molecule has 9 heteroatoms. The molecule has 9 nitrogen and oxygen atoms in total. The zero-order valence-electron chi connectivity index (χ0n) is 21.7. The van der Waals surface area contributed by atoms with Gasteiger partial charge in [0.25, 0.3) is 0 Å². The molecule has 1 aliphatic heterocycles. The van der Waals surface area contributed by atoms with Gasteiger partial charge in [-0.1, -0.05) is 32.0 Å². The smallest absolute Gasteiger partial charge is 0.228 e. The number of carbonyl (C=O) groups is 1. The maximum atomic E-state index is 11.8. The molecule has 0 saturated carbocycles. The Bertz CT molecular complexity index is 1240. The number of aromatic nitrogens is 3. The van der Waals surface area contributed by atoms with Gasteiger partial charge in [-0.15, -0.1) is 0 Å². The quantitative estimate of drug-likeness (QED) is 0.405. The summed E-state index contributed by atoms with van der Waals surface area (Å²) < 4.78 is 0. The Hall–Kier alpha value is -3.75. The van der Waals surface area contributed by atoms with Gasteiger partial charge < -0.3 is 25.8 Å². The van der Waals surface area contributed by atoms with Crippen LogP contribution < -0.4 is 15.5 Å². The third-order valence-electron chi connectivity index (χ3n) is 6.91. The van der Waals surface area contributed by atoms with Gasteiger partial charge in [-0.3, -0.25) is 9.78 Å². The summed E-state index contributed by atoms with van der Waals surface area (Å²) in [6.45, 7) is 12.7. The number of piperazine rings is 1. The number of anilines is 3. The molecule has 4 rings (SSSR count). The highest BCUT2D eigenvalue weighted by Crippen LogP contribution is 2.31. The molecule has 1 saturated heterocycles. The molecular formula is C27H36N8O. The van der Waals surface area contributed by atoms with E-state index in [0.29, 0.717) is 49.6 Å². The Labute approximate surface area is 212 Å². The lowest BCUT2D eigenvalue weighted by atomic mass is 10.1. The number of amides is 1. The largest absolute Gasteiger partial charge is 0.378 e. The van der Waals surface area contributed by atoms with Gasteiger partial charge in [0, 0.05) is 56.9 Å². The molecule has 190 valence electrons. The summed E-state index contributed by atoms with van der Waals surface area (Å²) >= 11 is 0. The molecule has 2 atom stereocenters. The molecule has 3 N–H and O–H groups in total. The minimum Gasteiger partial charge on any atom is -0.378 e. The zero-order valence-corrected chi connectivity index (χ0v) is 21.7. The fourth-order valence-electron chi connectivity index (χ4n) is 4.19. The first kappa shape index (κ1) is 25.3. The highest BCUT2D eigenvalue weighted by molar-refractivity contribution is 5.89. The molecule has 1 amide bonds. The summed E-state index contributed by atoms with van der Waals surface area (Å²) in [5.41, 5.74) is 3.26. The summed E-state index contributed by atoms with van der Waals surface area (Å²) in [7, 11) is 0. The Kier molecular flexibility index (Phi) is 7.67. The Balaban J connectivity index is 1.68. The molecule has 1 aromatic carbocycles. The molecule has 0 spiro atoms. The monoisotopic (exact) mass is 488 g/mol. The van der Waals surface area contributed by atoms with Crippen molar-refractivity contribution >= 4 is 40.5 Å². The van der Waals surface area contributed by atoms with Gasteiger partial charge in [0.2, 0.25) is 11.9 Å². The van der Waals surface area contributed by atoms with Gasteiger partial charge in [0.15, 0.2) is 5.82 Å². The van der Waals surface area contributed by atoms with Crippen LogP contribution in [0.4, 0.5) is 17.5 Å². The van der Waals surface area contributed by atoms with E-state index in [2.05, 4.69) is 60.3 Å². The highest BCUT2D eigenvalue weighted by atomic mass is 16.2. The van der Waals surface area contributed by atoms with Gasteiger partial charge in [0.05, 0.1) is 11.6 Å². The van der Waals surface area contributed by atoms with E-state index in [-0.39, 0.29) is 18.0 Å². The van der Waals surface area contributed by atoms with Crippen molar-refractivity contribution in [2.45, 2.75) is 46.7 Å². The topological polar surface area (TPSA) is 110 Å². The number of carbonyl (C=O) groups excluding carboxylic acids is 1. The van der Waals surface area contributed by atoms with Crippen LogP contribution in [-0.2, 0) is 4.79 Å². The van der Waals surface area contributed by atoms with Crippen LogP contribution in [0.25, 0.3) is 10.9 Å². The molecule has 1 aliphatic rings. The van der Waals surface area contributed by atoms with Crippen molar-refractivity contribution in [2.24, 2.45) is 5.92 Å². The van der Waals surface area contributed by atoms with Gasteiger partial charge in [-0.2, -0.15) is 4.98 Å². The molecule has 1 unspecified atom stereocenters. The summed E-state index contributed by atoms with van der Waals surface area (Å²) in [5, 5.41) is 16.3. The third kappa shape index (κ3) is 5.56. The Morgan fingerprint density at radius 1 is 1.06 bits per heavy atom. The fraction of sp³-hybridized carbons (Fsp3) is 0.444. The number of pyridine rings is 1. The van der Waals surface area contributed by atoms with Gasteiger partial charge in [-0.05, 0) is 37.5 Å². The van der Waals surface area contributed by atoms with Crippen LogP contribution in [0, 0.1) is 11.3 Å². The van der Waals surface area contributed by atoms with Crippen LogP contribution in [0.5, 0.6) is 0 Å². The van der Waals surface area contributed by atoms with Crippen molar-refractivity contribution in [2.75, 3.05) is 41.7 Å². The molecule has 0 radical (unpaired) electrons. The van der Waals surface area contributed by atoms with Crippen molar-refractivity contribution in [3.8, 4) is 0 Å². The minimum atomic E-state index is -0.0760. The SMILES string of the molecule is CC(=O)N1CCN(c2nc(C=N)c(NC(C)C(C)C)c(N[C@H](C)c3cnc4ccccc4c3)n2)CC1. The number of nitrogens with zero attached hydrogens (tertiary/aromatic N) is 5. The van der Waals surface area contributed by atoms with E-state index in [4.69, 9.17) is 15.4 Å². The average Bonchev–Trinajstić information content (AvgIpc) is 2.89. The fourth-order valence-corrected chi connectivity index (χ4v) is 4.19. The molecule has 0 aliphatic carbocycles. The van der Waals surface area contributed by atoms with Gasteiger partial charge in [-0.25, -0.2) is 4.98 Å². The second-order valence-corrected chi connectivity index (χ2v) is 9.77. The first-order valence-electron chi connectivity index (χ1n) is 12.6. The van der Waals surface area contributed by atoms with Crippen molar-refractivity contribution in [1.82, 2.24) is 19.9 Å². The third-order valence-corrected chi connectivity index (χ3v) is 6.91. The first-order chi connectivity index (χ1) is 17.3. The minimum absolute atomic E-state index is 0.0760. The normalized spacial score (nSPS) is 15.6.